The van der Waals surface area contributed by atoms with Crippen LogP contribution in [0.4, 0.5) is 11.4 Å². The molecular weight excluding hydrogens is 270 g/mol. The van der Waals surface area contributed by atoms with Crippen LogP contribution < -0.4 is 5.32 Å². The first-order chi connectivity index (χ1) is 10.1. The average molecular weight is 293 g/mol. The molecule has 1 N–H and O–H groups in total. The Balaban J connectivity index is 2.16. The molecule has 1 saturated heterocycles. The number of non-ortho nitro benzene ring substituents is 1. The second kappa shape index (κ2) is 7.38. The van der Waals surface area contributed by atoms with Gasteiger partial charge in [-0.25, -0.2) is 0 Å². The minimum atomic E-state index is -0.338. The fourth-order valence-electron chi connectivity index (χ4n) is 2.53. The molecule has 0 radical (unpaired) electrons. The van der Waals surface area contributed by atoms with Crippen molar-refractivity contribution in [2.45, 2.75) is 32.9 Å². The zero-order chi connectivity index (χ0) is 15.2. The monoisotopic (exact) mass is 293 g/mol. The Labute approximate surface area is 125 Å². The van der Waals surface area contributed by atoms with Gasteiger partial charge in [0.1, 0.15) is 0 Å². The van der Waals surface area contributed by atoms with Crippen molar-refractivity contribution in [3.05, 3.63) is 33.9 Å². The number of nitrogens with zero attached hydrogens (tertiary/aromatic N) is 2. The number of morpholine rings is 1. The van der Waals surface area contributed by atoms with Gasteiger partial charge in [0, 0.05) is 44.0 Å². The molecule has 0 aromatic heterocycles. The molecule has 1 aromatic rings. The van der Waals surface area contributed by atoms with Gasteiger partial charge in [-0.15, -0.1) is 0 Å². The Morgan fingerprint density at radius 1 is 1.52 bits per heavy atom. The van der Waals surface area contributed by atoms with E-state index in [1.165, 1.54) is 0 Å². The van der Waals surface area contributed by atoms with Crippen LogP contribution in [0.3, 0.4) is 0 Å². The predicted molar refractivity (Wildman–Crippen MR) is 82.6 cm³/mol. The van der Waals surface area contributed by atoms with E-state index in [1.54, 1.807) is 12.1 Å². The topological polar surface area (TPSA) is 67.6 Å². The van der Waals surface area contributed by atoms with Gasteiger partial charge in [0.15, 0.2) is 0 Å². The molecule has 0 spiro atoms. The zero-order valence-corrected chi connectivity index (χ0v) is 12.7. The number of benzene rings is 1. The van der Waals surface area contributed by atoms with E-state index in [4.69, 9.17) is 4.74 Å². The second-order valence-electron chi connectivity index (χ2n) is 5.44. The molecule has 0 amide bonds. The molecule has 0 saturated carbocycles. The first kappa shape index (κ1) is 15.7. The summed E-state index contributed by atoms with van der Waals surface area (Å²) in [6, 6.07) is 5.05. The van der Waals surface area contributed by atoms with Gasteiger partial charge in [0.25, 0.3) is 5.69 Å². The lowest BCUT2D eigenvalue weighted by atomic mass is 10.1. The highest BCUT2D eigenvalue weighted by Crippen LogP contribution is 2.24. The van der Waals surface area contributed by atoms with Crippen molar-refractivity contribution in [2.75, 3.05) is 31.6 Å². The molecule has 116 valence electrons. The third-order valence-electron chi connectivity index (χ3n) is 3.58. The molecule has 2 rings (SSSR count). The molecule has 1 aromatic carbocycles. The fraction of sp³-hybridized carbons (Fsp3) is 0.600. The van der Waals surface area contributed by atoms with Gasteiger partial charge in [-0.3, -0.25) is 15.0 Å². The number of hydrogen-bond donors (Lipinski definition) is 1. The number of anilines is 1. The summed E-state index contributed by atoms with van der Waals surface area (Å²) < 4.78 is 5.54. The minimum absolute atomic E-state index is 0.147. The Bertz CT molecular complexity index is 493. The highest BCUT2D eigenvalue weighted by atomic mass is 16.6. The summed E-state index contributed by atoms with van der Waals surface area (Å²) in [7, 11) is 0. The maximum absolute atomic E-state index is 11.0. The van der Waals surface area contributed by atoms with E-state index < -0.39 is 0 Å². The fourth-order valence-corrected chi connectivity index (χ4v) is 2.53. The zero-order valence-electron chi connectivity index (χ0n) is 12.7. The molecule has 1 heterocycles. The highest BCUT2D eigenvalue weighted by Gasteiger charge is 2.19. The smallest absolute Gasteiger partial charge is 0.269 e. The van der Waals surface area contributed by atoms with E-state index in [1.807, 2.05) is 6.07 Å². The molecule has 1 atom stereocenters. The van der Waals surface area contributed by atoms with Crippen LogP contribution in [0.5, 0.6) is 0 Å². The molecular formula is C15H23N3O3. The van der Waals surface area contributed by atoms with Gasteiger partial charge in [-0.2, -0.15) is 0 Å². The van der Waals surface area contributed by atoms with Gasteiger partial charge in [0.2, 0.25) is 0 Å². The van der Waals surface area contributed by atoms with E-state index in [0.29, 0.717) is 13.2 Å². The number of nitro benzene ring substituents is 1. The number of ether oxygens (including phenoxy) is 1. The van der Waals surface area contributed by atoms with Crippen molar-refractivity contribution in [1.29, 1.82) is 0 Å². The molecule has 1 fully saturated rings. The predicted octanol–water partition coefficient (Wildman–Crippen LogP) is 2.64. The van der Waals surface area contributed by atoms with Crippen LogP contribution in [0, 0.1) is 10.1 Å². The van der Waals surface area contributed by atoms with Gasteiger partial charge < -0.3 is 10.1 Å². The van der Waals surface area contributed by atoms with Gasteiger partial charge in [0.05, 0.1) is 17.6 Å². The summed E-state index contributed by atoms with van der Waals surface area (Å²) >= 11 is 0. The third kappa shape index (κ3) is 4.41. The van der Waals surface area contributed by atoms with Gasteiger partial charge in [-0.05, 0) is 25.0 Å². The van der Waals surface area contributed by atoms with Crippen LogP contribution in [-0.2, 0) is 11.3 Å². The molecule has 1 unspecified atom stereocenters. The molecule has 6 heteroatoms. The minimum Gasteiger partial charge on any atom is -0.385 e. The van der Waals surface area contributed by atoms with E-state index >= 15 is 0 Å². The van der Waals surface area contributed by atoms with Gasteiger partial charge in [-0.1, -0.05) is 6.92 Å². The van der Waals surface area contributed by atoms with E-state index in [0.717, 1.165) is 37.3 Å². The maximum atomic E-state index is 11.0. The van der Waals surface area contributed by atoms with Crippen LogP contribution in [-0.4, -0.2) is 42.2 Å². The number of rotatable bonds is 6. The Morgan fingerprint density at radius 3 is 3.00 bits per heavy atom. The van der Waals surface area contributed by atoms with Crippen LogP contribution in [0.2, 0.25) is 0 Å². The molecule has 1 aliphatic rings. The number of nitrogens with one attached hydrogen (secondary N) is 1. The lowest BCUT2D eigenvalue weighted by Crippen LogP contribution is -2.40. The Kier molecular flexibility index (Phi) is 5.52. The quantitative estimate of drug-likeness (QED) is 0.645. The summed E-state index contributed by atoms with van der Waals surface area (Å²) in [6.07, 6.45) is 1.23. The normalized spacial score (nSPS) is 19.4. The summed E-state index contributed by atoms with van der Waals surface area (Å²) in [6.45, 7) is 8.16. The summed E-state index contributed by atoms with van der Waals surface area (Å²) in [5.74, 6) is 0. The van der Waals surface area contributed by atoms with Crippen LogP contribution in [0.25, 0.3) is 0 Å². The Morgan fingerprint density at radius 2 is 2.33 bits per heavy atom. The average Bonchev–Trinajstić information content (AvgIpc) is 2.46. The number of hydrogen-bond acceptors (Lipinski definition) is 5. The van der Waals surface area contributed by atoms with Crippen molar-refractivity contribution in [3.63, 3.8) is 0 Å². The maximum Gasteiger partial charge on any atom is 0.269 e. The van der Waals surface area contributed by atoms with E-state index in [2.05, 4.69) is 24.1 Å². The Hall–Kier alpha value is -1.66. The standard InChI is InChI=1S/C15H23N3O3/c1-3-6-16-15-5-4-14(18(19)20)9-13(15)11-17-7-8-21-12(2)10-17/h4-5,9,12,16H,3,6-8,10-11H2,1-2H3. The SMILES string of the molecule is CCCNc1ccc([N+](=O)[O-])cc1CN1CCOC(C)C1. The molecule has 1 aliphatic heterocycles. The highest BCUT2D eigenvalue weighted by molar-refractivity contribution is 5.56. The summed E-state index contributed by atoms with van der Waals surface area (Å²) in [5, 5.41) is 14.3. The first-order valence-corrected chi connectivity index (χ1v) is 7.45. The van der Waals surface area contributed by atoms with E-state index in [9.17, 15) is 10.1 Å². The van der Waals surface area contributed by atoms with Crippen LogP contribution in [0.15, 0.2) is 18.2 Å². The van der Waals surface area contributed by atoms with Crippen molar-refractivity contribution < 1.29 is 9.66 Å². The van der Waals surface area contributed by atoms with Crippen molar-refractivity contribution in [1.82, 2.24) is 4.90 Å². The lowest BCUT2D eigenvalue weighted by Gasteiger charge is -2.31. The molecule has 6 nitrogen and oxygen atoms in total. The van der Waals surface area contributed by atoms with Crippen molar-refractivity contribution in [2.24, 2.45) is 0 Å². The van der Waals surface area contributed by atoms with Crippen molar-refractivity contribution in [3.8, 4) is 0 Å². The summed E-state index contributed by atoms with van der Waals surface area (Å²) in [4.78, 5) is 12.9. The lowest BCUT2D eigenvalue weighted by molar-refractivity contribution is -0.384. The van der Waals surface area contributed by atoms with Crippen LogP contribution >= 0.6 is 0 Å². The molecule has 21 heavy (non-hydrogen) atoms. The van der Waals surface area contributed by atoms with Crippen LogP contribution in [0.1, 0.15) is 25.8 Å². The van der Waals surface area contributed by atoms with E-state index in [-0.39, 0.29) is 16.7 Å². The van der Waals surface area contributed by atoms with Crippen molar-refractivity contribution >= 4 is 11.4 Å². The molecule has 0 bridgehead atoms. The number of nitro groups is 1. The summed E-state index contributed by atoms with van der Waals surface area (Å²) in [5.41, 5.74) is 2.11. The largest absolute Gasteiger partial charge is 0.385 e. The third-order valence-corrected chi connectivity index (χ3v) is 3.58. The first-order valence-electron chi connectivity index (χ1n) is 7.45. The second-order valence-corrected chi connectivity index (χ2v) is 5.44. The van der Waals surface area contributed by atoms with Gasteiger partial charge >= 0.3 is 0 Å². The molecule has 0 aliphatic carbocycles.